The minimum absolute atomic E-state index is 0.0787. The Morgan fingerprint density at radius 3 is 2.60 bits per heavy atom. The van der Waals surface area contributed by atoms with Gasteiger partial charge in [-0.05, 0) is 6.07 Å². The lowest BCUT2D eigenvalue weighted by molar-refractivity contribution is 0.0691. The van der Waals surface area contributed by atoms with E-state index in [9.17, 15) is 4.79 Å². The predicted octanol–water partition coefficient (Wildman–Crippen LogP) is -0.0573. The molecule has 3 N–H and O–H groups in total. The van der Waals surface area contributed by atoms with E-state index in [1.165, 1.54) is 23.3 Å². The summed E-state index contributed by atoms with van der Waals surface area (Å²) in [6.07, 6.45) is 4.42. The van der Waals surface area contributed by atoms with Gasteiger partial charge >= 0.3 is 5.97 Å². The first-order chi connectivity index (χ1) is 7.18. The molecule has 0 radical (unpaired) electrons. The quantitative estimate of drug-likeness (QED) is 0.711. The predicted molar refractivity (Wildman–Crippen MR) is 50.5 cm³/mol. The molecule has 7 nitrogen and oxygen atoms in total. The molecule has 76 valence electrons. The van der Waals surface area contributed by atoms with Gasteiger partial charge in [0, 0.05) is 12.4 Å². The highest BCUT2D eigenvalue weighted by atomic mass is 16.4. The highest BCUT2D eigenvalue weighted by molar-refractivity contribution is 5.91. The molecule has 2 aromatic heterocycles. The third-order valence-electron chi connectivity index (χ3n) is 1.70. The number of nitrogens with two attached hydrogens (primary N) is 1. The Balaban J connectivity index is 2.48. The lowest BCUT2D eigenvalue weighted by Crippen LogP contribution is -2.04. The molecule has 0 saturated heterocycles. The summed E-state index contributed by atoms with van der Waals surface area (Å²) in [4.78, 5) is 18.5. The van der Waals surface area contributed by atoms with E-state index in [0.717, 1.165) is 0 Å². The van der Waals surface area contributed by atoms with Crippen molar-refractivity contribution in [1.82, 2.24) is 19.7 Å². The average Bonchev–Trinajstić information content (AvgIpc) is 2.62. The Kier molecular flexibility index (Phi) is 2.05. The average molecular weight is 205 g/mol. The number of nitrogen functional groups attached to an aromatic ring is 1. The Morgan fingerprint density at radius 1 is 1.40 bits per heavy atom. The lowest BCUT2D eigenvalue weighted by atomic mass is 10.4. The molecule has 0 unspecified atom stereocenters. The van der Waals surface area contributed by atoms with Gasteiger partial charge in [0.1, 0.15) is 0 Å². The van der Waals surface area contributed by atoms with Crippen molar-refractivity contribution >= 4 is 11.7 Å². The Labute approximate surface area is 84.2 Å². The van der Waals surface area contributed by atoms with Gasteiger partial charge in [-0.25, -0.2) is 19.4 Å². The van der Waals surface area contributed by atoms with Crippen LogP contribution in [0.2, 0.25) is 0 Å². The zero-order valence-corrected chi connectivity index (χ0v) is 7.53. The molecule has 2 heterocycles. The lowest BCUT2D eigenvalue weighted by Gasteiger charge is -1.95. The number of aromatic carboxylic acids is 1. The van der Waals surface area contributed by atoms with Gasteiger partial charge in [0.2, 0.25) is 0 Å². The number of hydrogen-bond acceptors (Lipinski definition) is 5. The van der Waals surface area contributed by atoms with Crippen LogP contribution in [0.3, 0.4) is 0 Å². The van der Waals surface area contributed by atoms with Crippen LogP contribution in [-0.4, -0.2) is 30.8 Å². The molecule has 0 aromatic carbocycles. The molecule has 0 aliphatic rings. The van der Waals surface area contributed by atoms with Crippen LogP contribution in [0.25, 0.3) is 5.95 Å². The molecule has 0 aliphatic heterocycles. The summed E-state index contributed by atoms with van der Waals surface area (Å²) >= 11 is 0. The standard InChI is InChI=1S/C8H7N5O2/c9-5-4-13(12-6(5)7(14)15)8-10-2-1-3-11-8/h1-4H,9H2,(H,14,15). The topological polar surface area (TPSA) is 107 Å². The molecular weight excluding hydrogens is 198 g/mol. The van der Waals surface area contributed by atoms with Crippen molar-refractivity contribution in [3.63, 3.8) is 0 Å². The number of aromatic nitrogens is 4. The Morgan fingerprint density at radius 2 is 2.07 bits per heavy atom. The largest absolute Gasteiger partial charge is 0.476 e. The zero-order valence-electron chi connectivity index (χ0n) is 7.53. The normalized spacial score (nSPS) is 10.1. The summed E-state index contributed by atoms with van der Waals surface area (Å²) in [6.45, 7) is 0. The Bertz CT molecular complexity index is 493. The van der Waals surface area contributed by atoms with Gasteiger partial charge in [0.15, 0.2) is 5.69 Å². The second-order valence-corrected chi connectivity index (χ2v) is 2.73. The van der Waals surface area contributed by atoms with E-state index in [1.807, 2.05) is 0 Å². The van der Waals surface area contributed by atoms with E-state index in [1.54, 1.807) is 6.07 Å². The van der Waals surface area contributed by atoms with Crippen LogP contribution in [0.15, 0.2) is 24.7 Å². The monoisotopic (exact) mass is 205 g/mol. The fraction of sp³-hybridized carbons (Fsp3) is 0. The summed E-state index contributed by atoms with van der Waals surface area (Å²) in [5, 5.41) is 12.5. The fourth-order valence-corrected chi connectivity index (χ4v) is 1.07. The van der Waals surface area contributed by atoms with E-state index < -0.39 is 5.97 Å². The van der Waals surface area contributed by atoms with Crippen molar-refractivity contribution in [3.05, 3.63) is 30.4 Å². The molecule has 0 saturated carbocycles. The third-order valence-corrected chi connectivity index (χ3v) is 1.70. The number of anilines is 1. The van der Waals surface area contributed by atoms with Crippen LogP contribution in [-0.2, 0) is 0 Å². The number of carbonyl (C=O) groups is 1. The van der Waals surface area contributed by atoms with Crippen LogP contribution >= 0.6 is 0 Å². The van der Waals surface area contributed by atoms with Crippen molar-refractivity contribution in [2.24, 2.45) is 0 Å². The van der Waals surface area contributed by atoms with Gasteiger partial charge < -0.3 is 10.8 Å². The number of hydrogen-bond donors (Lipinski definition) is 2. The SMILES string of the molecule is Nc1cn(-c2ncccn2)nc1C(=O)O. The van der Waals surface area contributed by atoms with Gasteiger partial charge in [-0.2, -0.15) is 5.10 Å². The molecule has 2 aromatic rings. The molecule has 0 aliphatic carbocycles. The van der Waals surface area contributed by atoms with Crippen molar-refractivity contribution in [2.75, 3.05) is 5.73 Å². The third kappa shape index (κ3) is 1.62. The van der Waals surface area contributed by atoms with Crippen molar-refractivity contribution < 1.29 is 9.90 Å². The maximum atomic E-state index is 10.7. The van der Waals surface area contributed by atoms with E-state index in [4.69, 9.17) is 10.8 Å². The number of carboxylic acids is 1. The van der Waals surface area contributed by atoms with E-state index in [2.05, 4.69) is 15.1 Å². The summed E-state index contributed by atoms with van der Waals surface area (Å²) in [5.41, 5.74) is 5.33. The number of nitrogens with zero attached hydrogens (tertiary/aromatic N) is 4. The molecule has 0 amide bonds. The summed E-state index contributed by atoms with van der Waals surface area (Å²) in [5.74, 6) is -0.904. The van der Waals surface area contributed by atoms with Gasteiger partial charge in [0.05, 0.1) is 11.9 Å². The van der Waals surface area contributed by atoms with E-state index in [-0.39, 0.29) is 17.3 Å². The minimum atomic E-state index is -1.18. The van der Waals surface area contributed by atoms with Gasteiger partial charge in [0.25, 0.3) is 5.95 Å². The van der Waals surface area contributed by atoms with Gasteiger partial charge in [-0.3, -0.25) is 0 Å². The van der Waals surface area contributed by atoms with Gasteiger partial charge in [-0.15, -0.1) is 0 Å². The van der Waals surface area contributed by atoms with E-state index in [0.29, 0.717) is 0 Å². The van der Waals surface area contributed by atoms with Crippen molar-refractivity contribution in [2.45, 2.75) is 0 Å². The van der Waals surface area contributed by atoms with Crippen LogP contribution in [0.5, 0.6) is 0 Å². The molecule has 0 fully saturated rings. The first-order valence-corrected chi connectivity index (χ1v) is 4.04. The fourth-order valence-electron chi connectivity index (χ4n) is 1.07. The van der Waals surface area contributed by atoms with Crippen LogP contribution < -0.4 is 5.73 Å². The van der Waals surface area contributed by atoms with Crippen LogP contribution in [0.4, 0.5) is 5.69 Å². The molecule has 2 rings (SSSR count). The highest BCUT2D eigenvalue weighted by Crippen LogP contribution is 2.10. The second kappa shape index (κ2) is 3.37. The summed E-state index contributed by atoms with van der Waals surface area (Å²) < 4.78 is 1.22. The maximum Gasteiger partial charge on any atom is 0.358 e. The second-order valence-electron chi connectivity index (χ2n) is 2.73. The van der Waals surface area contributed by atoms with Crippen molar-refractivity contribution in [3.8, 4) is 5.95 Å². The molecule has 7 heteroatoms. The van der Waals surface area contributed by atoms with Crippen LogP contribution in [0, 0.1) is 0 Å². The summed E-state index contributed by atoms with van der Waals surface area (Å²) in [7, 11) is 0. The van der Waals surface area contributed by atoms with Gasteiger partial charge in [-0.1, -0.05) is 0 Å². The zero-order chi connectivity index (χ0) is 10.8. The molecular formula is C8H7N5O2. The molecule has 15 heavy (non-hydrogen) atoms. The van der Waals surface area contributed by atoms with Crippen LogP contribution in [0.1, 0.15) is 10.5 Å². The number of carboxylic acid groups (broad SMARTS) is 1. The molecule has 0 spiro atoms. The minimum Gasteiger partial charge on any atom is -0.476 e. The highest BCUT2D eigenvalue weighted by Gasteiger charge is 2.14. The molecule has 0 bridgehead atoms. The Hall–Kier alpha value is -2.44. The first-order valence-electron chi connectivity index (χ1n) is 4.04. The smallest absolute Gasteiger partial charge is 0.358 e. The summed E-state index contributed by atoms with van der Waals surface area (Å²) in [6, 6.07) is 1.65. The van der Waals surface area contributed by atoms with Crippen molar-refractivity contribution in [1.29, 1.82) is 0 Å². The van der Waals surface area contributed by atoms with E-state index >= 15 is 0 Å². The first kappa shape index (κ1) is 9.13. The molecule has 0 atom stereocenters. The number of rotatable bonds is 2. The maximum absolute atomic E-state index is 10.7.